The van der Waals surface area contributed by atoms with Crippen molar-refractivity contribution in [2.75, 3.05) is 20.2 Å². The first-order valence-corrected chi connectivity index (χ1v) is 11.4. The second-order valence-corrected chi connectivity index (χ2v) is 9.23. The van der Waals surface area contributed by atoms with E-state index in [1.54, 1.807) is 23.5 Å². The summed E-state index contributed by atoms with van der Waals surface area (Å²) in [7, 11) is -1.90. The molecular formula is C22H28N2O4S. The first-order chi connectivity index (χ1) is 13.9. The van der Waals surface area contributed by atoms with Gasteiger partial charge in [0.15, 0.2) is 0 Å². The van der Waals surface area contributed by atoms with Crippen molar-refractivity contribution in [1.29, 1.82) is 0 Å². The molecule has 7 heteroatoms. The normalized spacial score (nSPS) is 17.7. The quantitative estimate of drug-likeness (QED) is 0.752. The van der Waals surface area contributed by atoms with Crippen LogP contribution in [0.4, 0.5) is 0 Å². The molecule has 2 aromatic carbocycles. The number of carbonyl (C=O) groups is 1. The summed E-state index contributed by atoms with van der Waals surface area (Å²) in [5.41, 5.74) is 1.55. The number of benzene rings is 2. The number of ether oxygens (including phenoxy) is 1. The van der Waals surface area contributed by atoms with E-state index in [2.05, 4.69) is 5.32 Å². The van der Waals surface area contributed by atoms with Crippen LogP contribution < -0.4 is 10.1 Å². The second-order valence-electron chi connectivity index (χ2n) is 7.34. The molecular weight excluding hydrogens is 388 g/mol. The van der Waals surface area contributed by atoms with Crippen LogP contribution in [0.2, 0.25) is 0 Å². The lowest BCUT2D eigenvalue weighted by Crippen LogP contribution is -2.41. The van der Waals surface area contributed by atoms with Crippen molar-refractivity contribution in [3.63, 3.8) is 0 Å². The molecule has 1 N–H and O–H groups in total. The van der Waals surface area contributed by atoms with Crippen molar-refractivity contribution < 1.29 is 17.9 Å². The molecule has 0 saturated carbocycles. The molecule has 1 fully saturated rings. The molecule has 1 atom stereocenters. The van der Waals surface area contributed by atoms with Crippen molar-refractivity contribution in [3.8, 4) is 5.75 Å². The number of amides is 1. The van der Waals surface area contributed by atoms with Crippen LogP contribution in [0.5, 0.6) is 5.75 Å². The first kappa shape index (κ1) is 21.3. The molecule has 0 aromatic heterocycles. The van der Waals surface area contributed by atoms with Gasteiger partial charge in [0, 0.05) is 24.7 Å². The largest absolute Gasteiger partial charge is 0.497 e. The van der Waals surface area contributed by atoms with Crippen molar-refractivity contribution in [2.45, 2.75) is 43.5 Å². The van der Waals surface area contributed by atoms with Crippen LogP contribution in [0.25, 0.3) is 0 Å². The van der Waals surface area contributed by atoms with Crippen molar-refractivity contribution >= 4 is 15.9 Å². The van der Waals surface area contributed by atoms with Crippen LogP contribution in [-0.2, 0) is 16.4 Å². The Hall–Kier alpha value is -2.38. The number of methoxy groups -OCH3 is 1. The third-order valence-corrected chi connectivity index (χ3v) is 7.35. The van der Waals surface area contributed by atoms with E-state index >= 15 is 0 Å². The minimum Gasteiger partial charge on any atom is -0.497 e. The van der Waals surface area contributed by atoms with E-state index in [9.17, 15) is 13.2 Å². The van der Waals surface area contributed by atoms with E-state index in [1.807, 2.05) is 31.2 Å². The summed E-state index contributed by atoms with van der Waals surface area (Å²) in [6.45, 7) is 2.99. The summed E-state index contributed by atoms with van der Waals surface area (Å²) >= 11 is 0. The Morgan fingerprint density at radius 2 is 1.79 bits per heavy atom. The summed E-state index contributed by atoms with van der Waals surface area (Å²) in [6, 6.07) is 13.9. The van der Waals surface area contributed by atoms with Gasteiger partial charge < -0.3 is 10.1 Å². The highest BCUT2D eigenvalue weighted by molar-refractivity contribution is 7.89. The minimum absolute atomic E-state index is 0.00896. The van der Waals surface area contributed by atoms with Crippen LogP contribution in [0.1, 0.15) is 42.1 Å². The van der Waals surface area contributed by atoms with E-state index in [-0.39, 0.29) is 16.8 Å². The standard InChI is InChI=1S/C22H28N2O4S/c1-17-5-3-4-16-24(17)29(26,27)21-12-8-19(9-13-21)22(25)23-15-14-18-6-10-20(28-2)11-7-18/h6-13,17H,3-5,14-16H2,1-2H3,(H,23,25). The Bertz CT molecular complexity index is 924. The lowest BCUT2D eigenvalue weighted by atomic mass is 10.1. The highest BCUT2D eigenvalue weighted by atomic mass is 32.2. The van der Waals surface area contributed by atoms with Crippen LogP contribution in [0.3, 0.4) is 0 Å². The number of nitrogens with one attached hydrogen (secondary N) is 1. The van der Waals surface area contributed by atoms with Gasteiger partial charge in [-0.2, -0.15) is 4.31 Å². The third kappa shape index (κ3) is 5.16. The van der Waals surface area contributed by atoms with Gasteiger partial charge in [-0.15, -0.1) is 0 Å². The van der Waals surface area contributed by atoms with Crippen LogP contribution in [-0.4, -0.2) is 44.9 Å². The lowest BCUT2D eigenvalue weighted by molar-refractivity contribution is 0.0954. The number of carbonyl (C=O) groups excluding carboxylic acids is 1. The first-order valence-electron chi connectivity index (χ1n) is 9.95. The lowest BCUT2D eigenvalue weighted by Gasteiger charge is -2.32. The SMILES string of the molecule is COc1ccc(CCNC(=O)c2ccc(S(=O)(=O)N3CCCCC3C)cc2)cc1. The van der Waals surface area contributed by atoms with Crippen molar-refractivity contribution in [2.24, 2.45) is 0 Å². The predicted molar refractivity (Wildman–Crippen MR) is 113 cm³/mol. The second kappa shape index (κ2) is 9.41. The molecule has 1 heterocycles. The zero-order chi connectivity index (χ0) is 20.9. The smallest absolute Gasteiger partial charge is 0.251 e. The molecule has 3 rings (SSSR count). The molecule has 1 amide bonds. The molecule has 0 aliphatic carbocycles. The van der Waals surface area contributed by atoms with E-state index in [0.29, 0.717) is 25.1 Å². The fourth-order valence-electron chi connectivity index (χ4n) is 3.56. The molecule has 156 valence electrons. The number of piperidine rings is 1. The summed E-state index contributed by atoms with van der Waals surface area (Å²) in [5, 5.41) is 2.87. The monoisotopic (exact) mass is 416 g/mol. The summed E-state index contributed by atoms with van der Waals surface area (Å²) in [4.78, 5) is 12.6. The zero-order valence-electron chi connectivity index (χ0n) is 16.9. The van der Waals surface area contributed by atoms with E-state index < -0.39 is 10.0 Å². The van der Waals surface area contributed by atoms with Crippen LogP contribution in [0, 0.1) is 0 Å². The van der Waals surface area contributed by atoms with Gasteiger partial charge in [0.2, 0.25) is 10.0 Å². The predicted octanol–water partition coefficient (Wildman–Crippen LogP) is 3.23. The van der Waals surface area contributed by atoms with E-state index in [1.165, 1.54) is 12.1 Å². The van der Waals surface area contributed by atoms with Gasteiger partial charge >= 0.3 is 0 Å². The zero-order valence-corrected chi connectivity index (χ0v) is 17.7. The van der Waals surface area contributed by atoms with Gasteiger partial charge in [-0.05, 0) is 68.1 Å². The maximum absolute atomic E-state index is 12.9. The van der Waals surface area contributed by atoms with E-state index in [4.69, 9.17) is 4.74 Å². The molecule has 29 heavy (non-hydrogen) atoms. The third-order valence-electron chi connectivity index (χ3n) is 5.32. The van der Waals surface area contributed by atoms with Crippen LogP contribution >= 0.6 is 0 Å². The number of hydrogen-bond acceptors (Lipinski definition) is 4. The van der Waals surface area contributed by atoms with Crippen LogP contribution in [0.15, 0.2) is 53.4 Å². The number of hydrogen-bond donors (Lipinski definition) is 1. The number of sulfonamides is 1. The molecule has 1 aliphatic heterocycles. The molecule has 0 radical (unpaired) electrons. The van der Waals surface area contributed by atoms with Gasteiger partial charge in [-0.25, -0.2) is 8.42 Å². The Morgan fingerprint density at radius 1 is 1.10 bits per heavy atom. The maximum Gasteiger partial charge on any atom is 0.251 e. The topological polar surface area (TPSA) is 75.7 Å². The van der Waals surface area contributed by atoms with Gasteiger partial charge in [0.1, 0.15) is 5.75 Å². The Labute approximate surface area is 172 Å². The van der Waals surface area contributed by atoms with Crippen molar-refractivity contribution in [3.05, 3.63) is 59.7 Å². The fourth-order valence-corrected chi connectivity index (χ4v) is 5.26. The average Bonchev–Trinajstić information content (AvgIpc) is 2.74. The Morgan fingerprint density at radius 3 is 2.41 bits per heavy atom. The van der Waals surface area contributed by atoms with E-state index in [0.717, 1.165) is 30.6 Å². The van der Waals surface area contributed by atoms with Gasteiger partial charge in [0.25, 0.3) is 5.91 Å². The highest BCUT2D eigenvalue weighted by Crippen LogP contribution is 2.25. The number of rotatable bonds is 7. The van der Waals surface area contributed by atoms with Gasteiger partial charge in [-0.3, -0.25) is 4.79 Å². The van der Waals surface area contributed by atoms with Gasteiger partial charge in [-0.1, -0.05) is 18.6 Å². The molecule has 1 unspecified atom stereocenters. The molecule has 0 bridgehead atoms. The van der Waals surface area contributed by atoms with Crippen molar-refractivity contribution in [1.82, 2.24) is 9.62 Å². The summed E-state index contributed by atoms with van der Waals surface area (Å²) < 4.78 is 32.4. The molecule has 0 spiro atoms. The molecule has 2 aromatic rings. The fraction of sp³-hybridized carbons (Fsp3) is 0.409. The Kier molecular flexibility index (Phi) is 6.92. The minimum atomic E-state index is -3.52. The molecule has 6 nitrogen and oxygen atoms in total. The highest BCUT2D eigenvalue weighted by Gasteiger charge is 2.30. The number of nitrogens with zero attached hydrogens (tertiary/aromatic N) is 1. The molecule has 1 aliphatic rings. The van der Waals surface area contributed by atoms with Gasteiger partial charge in [0.05, 0.1) is 12.0 Å². The average molecular weight is 417 g/mol. The maximum atomic E-state index is 12.9. The Balaban J connectivity index is 1.58. The molecule has 1 saturated heterocycles. The summed E-state index contributed by atoms with van der Waals surface area (Å²) in [5.74, 6) is 0.584. The summed E-state index contributed by atoms with van der Waals surface area (Å²) in [6.07, 6.45) is 3.53.